The first-order valence-corrected chi connectivity index (χ1v) is 15.2. The van der Waals surface area contributed by atoms with Gasteiger partial charge in [0.1, 0.15) is 11.9 Å². The third-order valence-electron chi connectivity index (χ3n) is 11.6. The molecule has 0 bridgehead atoms. The maximum Gasteiger partial charge on any atom is 0.269 e. The van der Waals surface area contributed by atoms with Gasteiger partial charge in [-0.25, -0.2) is 0 Å². The molecule has 0 heterocycles. The van der Waals surface area contributed by atoms with Gasteiger partial charge in [0.2, 0.25) is 0 Å². The van der Waals surface area contributed by atoms with E-state index in [1.54, 1.807) is 29.8 Å². The predicted molar refractivity (Wildman–Crippen MR) is 151 cm³/mol. The number of ether oxygens (including phenoxy) is 1. The van der Waals surface area contributed by atoms with Crippen LogP contribution in [0.5, 0.6) is 5.75 Å². The van der Waals surface area contributed by atoms with Crippen molar-refractivity contribution >= 4 is 5.69 Å². The maximum absolute atomic E-state index is 11.0. The van der Waals surface area contributed by atoms with Crippen molar-refractivity contribution < 1.29 is 9.66 Å². The maximum atomic E-state index is 11.0. The zero-order valence-electron chi connectivity index (χ0n) is 23.9. The van der Waals surface area contributed by atoms with Crippen molar-refractivity contribution in [1.82, 2.24) is 0 Å². The van der Waals surface area contributed by atoms with Crippen LogP contribution in [-0.2, 0) is 0 Å². The molecule has 0 amide bonds. The van der Waals surface area contributed by atoms with E-state index < -0.39 is 0 Å². The summed E-state index contributed by atoms with van der Waals surface area (Å²) >= 11 is 0. The van der Waals surface area contributed by atoms with Crippen molar-refractivity contribution in [3.8, 4) is 5.75 Å². The quantitative estimate of drug-likeness (QED) is 0.200. The molecule has 37 heavy (non-hydrogen) atoms. The van der Waals surface area contributed by atoms with E-state index >= 15 is 0 Å². The Kier molecular flexibility index (Phi) is 7.50. The van der Waals surface area contributed by atoms with Gasteiger partial charge < -0.3 is 4.74 Å². The van der Waals surface area contributed by atoms with E-state index in [9.17, 15) is 10.1 Å². The normalized spacial score (nSPS) is 37.8. The lowest BCUT2D eigenvalue weighted by molar-refractivity contribution is -0.384. The Morgan fingerprint density at radius 2 is 1.76 bits per heavy atom. The number of nitro groups is 1. The second kappa shape index (κ2) is 10.4. The van der Waals surface area contributed by atoms with Crippen LogP contribution in [0.3, 0.4) is 0 Å². The van der Waals surface area contributed by atoms with Crippen LogP contribution >= 0.6 is 0 Å². The molecule has 4 nitrogen and oxygen atoms in total. The van der Waals surface area contributed by atoms with Crippen LogP contribution in [0.2, 0.25) is 0 Å². The smallest absolute Gasteiger partial charge is 0.269 e. The zero-order valence-corrected chi connectivity index (χ0v) is 23.9. The molecule has 0 aromatic heterocycles. The second-order valence-corrected chi connectivity index (χ2v) is 14.0. The number of rotatable bonds is 8. The molecule has 4 aliphatic rings. The van der Waals surface area contributed by atoms with Gasteiger partial charge in [-0.2, -0.15) is 0 Å². The summed E-state index contributed by atoms with van der Waals surface area (Å²) in [5.74, 6) is 5.92. The predicted octanol–water partition coefficient (Wildman–Crippen LogP) is 9.38. The molecule has 0 aliphatic heterocycles. The third-order valence-corrected chi connectivity index (χ3v) is 11.6. The van der Waals surface area contributed by atoms with Crippen LogP contribution in [0.25, 0.3) is 0 Å². The van der Waals surface area contributed by atoms with Crippen LogP contribution in [0.1, 0.15) is 105 Å². The molecular formula is C33H49NO3. The molecule has 1 aromatic rings. The molecule has 4 aliphatic carbocycles. The Morgan fingerprint density at radius 3 is 2.46 bits per heavy atom. The molecule has 0 spiro atoms. The average molecular weight is 508 g/mol. The standard InChI is InChI=1S/C33H49NO3/c1-22(2)7-6-8-23(3)29-15-16-30-28-14-9-24-21-27(37-26-12-10-25(11-13-26)34(35)36)17-19-32(24,4)31(28)18-20-33(29,30)5/h9-13,22-23,27-31H,6-8,14-21H2,1-5H3/t23-,27-,28+,29-,30+,31+,32+,33-/m1/s1. The molecule has 3 fully saturated rings. The fourth-order valence-corrected chi connectivity index (χ4v) is 9.59. The summed E-state index contributed by atoms with van der Waals surface area (Å²) in [4.78, 5) is 10.6. The van der Waals surface area contributed by atoms with Crippen LogP contribution in [0.4, 0.5) is 5.69 Å². The topological polar surface area (TPSA) is 52.4 Å². The van der Waals surface area contributed by atoms with Gasteiger partial charge in [-0.05, 0) is 103 Å². The number of nitro benzene ring substituents is 1. The van der Waals surface area contributed by atoms with E-state index in [2.05, 4.69) is 40.7 Å². The fourth-order valence-electron chi connectivity index (χ4n) is 9.59. The lowest BCUT2D eigenvalue weighted by atomic mass is 9.47. The number of benzene rings is 1. The molecule has 0 N–H and O–H groups in total. The molecular weight excluding hydrogens is 458 g/mol. The Bertz CT molecular complexity index is 999. The molecule has 0 radical (unpaired) electrons. The number of allylic oxidation sites excluding steroid dienone is 1. The minimum Gasteiger partial charge on any atom is -0.490 e. The summed E-state index contributed by atoms with van der Waals surface area (Å²) in [7, 11) is 0. The largest absolute Gasteiger partial charge is 0.490 e. The van der Waals surface area contributed by atoms with Crippen LogP contribution in [-0.4, -0.2) is 11.0 Å². The SMILES string of the molecule is CC(C)CCC[C@@H](C)[C@H]1CC[C@H]2[C@@H]3CC=C4C[C@H](Oc5ccc([N+](=O)[O-])cc5)CC[C@]4(C)[C@H]3CC[C@]12C. The molecule has 0 saturated heterocycles. The number of non-ortho nitro benzene ring substituents is 1. The van der Waals surface area contributed by atoms with Gasteiger partial charge in [0, 0.05) is 18.6 Å². The van der Waals surface area contributed by atoms with Gasteiger partial charge in [0.15, 0.2) is 0 Å². The van der Waals surface area contributed by atoms with Gasteiger partial charge in [-0.1, -0.05) is 65.5 Å². The minimum absolute atomic E-state index is 0.119. The monoisotopic (exact) mass is 507 g/mol. The van der Waals surface area contributed by atoms with E-state index in [1.807, 2.05) is 0 Å². The highest BCUT2D eigenvalue weighted by Gasteiger charge is 2.59. The molecule has 3 saturated carbocycles. The number of nitrogens with zero attached hydrogens (tertiary/aromatic N) is 1. The molecule has 204 valence electrons. The lowest BCUT2D eigenvalue weighted by Gasteiger charge is -2.58. The van der Waals surface area contributed by atoms with Gasteiger partial charge in [-0.15, -0.1) is 0 Å². The highest BCUT2D eigenvalue weighted by atomic mass is 16.6. The van der Waals surface area contributed by atoms with Gasteiger partial charge in [0.05, 0.1) is 4.92 Å². The first-order valence-electron chi connectivity index (χ1n) is 15.2. The first-order chi connectivity index (χ1) is 17.6. The number of fused-ring (bicyclic) bond motifs is 5. The molecule has 5 rings (SSSR count). The van der Waals surface area contributed by atoms with Crippen molar-refractivity contribution in [3.63, 3.8) is 0 Å². The van der Waals surface area contributed by atoms with Crippen molar-refractivity contribution in [3.05, 3.63) is 46.0 Å². The molecule has 8 atom stereocenters. The Hall–Kier alpha value is -1.84. The van der Waals surface area contributed by atoms with E-state index in [1.165, 1.54) is 57.8 Å². The van der Waals surface area contributed by atoms with Crippen LogP contribution < -0.4 is 4.74 Å². The van der Waals surface area contributed by atoms with Crippen molar-refractivity contribution in [2.45, 2.75) is 111 Å². The third kappa shape index (κ3) is 4.99. The summed E-state index contributed by atoms with van der Waals surface area (Å²) < 4.78 is 6.33. The van der Waals surface area contributed by atoms with E-state index in [-0.39, 0.29) is 16.7 Å². The van der Waals surface area contributed by atoms with Crippen LogP contribution in [0.15, 0.2) is 35.9 Å². The van der Waals surface area contributed by atoms with Crippen molar-refractivity contribution in [2.75, 3.05) is 0 Å². The first kappa shape index (κ1) is 26.8. The highest BCUT2D eigenvalue weighted by Crippen LogP contribution is 2.67. The molecule has 4 heteroatoms. The average Bonchev–Trinajstić information content (AvgIpc) is 3.21. The Morgan fingerprint density at radius 1 is 1.00 bits per heavy atom. The van der Waals surface area contributed by atoms with E-state index in [0.29, 0.717) is 10.8 Å². The molecule has 1 aromatic carbocycles. The van der Waals surface area contributed by atoms with E-state index in [0.717, 1.165) is 54.1 Å². The summed E-state index contributed by atoms with van der Waals surface area (Å²) in [6.45, 7) is 12.5. The lowest BCUT2D eigenvalue weighted by Crippen LogP contribution is -2.51. The summed E-state index contributed by atoms with van der Waals surface area (Å²) in [6, 6.07) is 6.59. The minimum atomic E-state index is -0.353. The van der Waals surface area contributed by atoms with Gasteiger partial charge in [0.25, 0.3) is 5.69 Å². The van der Waals surface area contributed by atoms with Gasteiger partial charge >= 0.3 is 0 Å². The van der Waals surface area contributed by atoms with Crippen molar-refractivity contribution in [1.29, 1.82) is 0 Å². The number of hydrogen-bond donors (Lipinski definition) is 0. The van der Waals surface area contributed by atoms with Crippen LogP contribution in [0, 0.1) is 56.5 Å². The fraction of sp³-hybridized carbons (Fsp3) is 0.758. The zero-order chi connectivity index (χ0) is 26.4. The Labute approximate surface area is 224 Å². The summed E-state index contributed by atoms with van der Waals surface area (Å²) in [5, 5.41) is 11.0. The highest BCUT2D eigenvalue weighted by molar-refractivity contribution is 5.36. The number of hydrogen-bond acceptors (Lipinski definition) is 3. The Balaban J connectivity index is 1.25. The molecule has 0 unspecified atom stereocenters. The summed E-state index contributed by atoms with van der Waals surface area (Å²) in [6.07, 6.45) is 17.2. The van der Waals surface area contributed by atoms with E-state index in [4.69, 9.17) is 4.74 Å². The second-order valence-electron chi connectivity index (χ2n) is 14.0. The van der Waals surface area contributed by atoms with Gasteiger partial charge in [-0.3, -0.25) is 10.1 Å². The summed E-state index contributed by atoms with van der Waals surface area (Å²) in [5.41, 5.74) is 2.61. The van der Waals surface area contributed by atoms with Crippen molar-refractivity contribution in [2.24, 2.45) is 46.3 Å².